The first kappa shape index (κ1) is 27.7. The van der Waals surface area contributed by atoms with Crippen LogP contribution in [0.25, 0.3) is 16.7 Å². The summed E-state index contributed by atoms with van der Waals surface area (Å²) in [6.45, 7) is 7.80. The molecule has 0 unspecified atom stereocenters. The monoisotopic (exact) mass is 569 g/mol. The van der Waals surface area contributed by atoms with Gasteiger partial charge in [0, 0.05) is 43.0 Å². The topological polar surface area (TPSA) is 87.5 Å². The first-order chi connectivity index (χ1) is 20.5. The molecule has 2 saturated heterocycles. The van der Waals surface area contributed by atoms with Crippen molar-refractivity contribution in [3.63, 3.8) is 0 Å². The van der Waals surface area contributed by atoms with Gasteiger partial charge in [-0.1, -0.05) is 13.0 Å². The average Bonchev–Trinajstić information content (AvgIpc) is 3.45. The first-order valence-electron chi connectivity index (χ1n) is 14.5. The number of halogens is 1. The normalized spacial score (nSPS) is 16.4. The Morgan fingerprint density at radius 2 is 1.86 bits per heavy atom. The lowest BCUT2D eigenvalue weighted by Crippen LogP contribution is -2.46. The molecule has 4 heterocycles. The Morgan fingerprint density at radius 1 is 1.05 bits per heavy atom. The molecule has 2 aromatic heterocycles. The predicted octanol–water partition coefficient (Wildman–Crippen LogP) is 5.89. The molecule has 2 aliphatic rings. The summed E-state index contributed by atoms with van der Waals surface area (Å²) in [4.78, 5) is 26.5. The SMILES string of the molecule is C=CC(=O)Nc1cc(Nc2nccc(-n3ccc4ccc(F)cc43)n2)c(OC)cc1N1CCC(N2CCCCC2)CC1. The molecular weight excluding hydrogens is 533 g/mol. The first-order valence-corrected chi connectivity index (χ1v) is 14.5. The van der Waals surface area contributed by atoms with E-state index in [1.54, 1.807) is 25.4 Å². The molecule has 0 saturated carbocycles. The van der Waals surface area contributed by atoms with Crippen molar-refractivity contribution in [3.05, 3.63) is 73.3 Å². The highest BCUT2D eigenvalue weighted by molar-refractivity contribution is 6.02. The maximum atomic E-state index is 14.0. The fraction of sp³-hybridized carbons (Fsp3) is 0.344. The molecule has 218 valence electrons. The van der Waals surface area contributed by atoms with Crippen molar-refractivity contribution in [1.29, 1.82) is 0 Å². The molecule has 0 aliphatic carbocycles. The number of anilines is 4. The van der Waals surface area contributed by atoms with Gasteiger partial charge in [0.1, 0.15) is 17.4 Å². The number of likely N-dealkylation sites (tertiary alicyclic amines) is 1. The van der Waals surface area contributed by atoms with Gasteiger partial charge in [0.15, 0.2) is 0 Å². The van der Waals surface area contributed by atoms with Gasteiger partial charge in [-0.3, -0.25) is 4.79 Å². The minimum absolute atomic E-state index is 0.291. The number of methoxy groups -OCH3 is 1. The molecule has 4 aromatic rings. The third-order valence-corrected chi connectivity index (χ3v) is 8.26. The van der Waals surface area contributed by atoms with E-state index in [-0.39, 0.29) is 11.7 Å². The van der Waals surface area contributed by atoms with Gasteiger partial charge in [-0.05, 0) is 81.2 Å². The number of ether oxygens (including phenoxy) is 1. The third kappa shape index (κ3) is 5.80. The highest BCUT2D eigenvalue weighted by Crippen LogP contribution is 2.39. The summed E-state index contributed by atoms with van der Waals surface area (Å²) in [5.74, 6) is 0.910. The molecule has 0 spiro atoms. The van der Waals surface area contributed by atoms with Gasteiger partial charge in [-0.15, -0.1) is 0 Å². The zero-order valence-electron chi connectivity index (χ0n) is 23.9. The molecule has 9 nitrogen and oxygen atoms in total. The fourth-order valence-electron chi connectivity index (χ4n) is 6.10. The number of amides is 1. The number of nitrogens with zero attached hydrogens (tertiary/aromatic N) is 5. The molecule has 0 radical (unpaired) electrons. The minimum Gasteiger partial charge on any atom is -0.494 e. The lowest BCUT2D eigenvalue weighted by atomic mass is 9.99. The van der Waals surface area contributed by atoms with E-state index in [9.17, 15) is 9.18 Å². The molecule has 1 amide bonds. The smallest absolute Gasteiger partial charge is 0.247 e. The van der Waals surface area contributed by atoms with Gasteiger partial charge in [0.25, 0.3) is 0 Å². The Kier molecular flexibility index (Phi) is 8.05. The van der Waals surface area contributed by atoms with Crippen LogP contribution < -0.4 is 20.3 Å². The van der Waals surface area contributed by atoms with Crippen molar-refractivity contribution in [2.45, 2.75) is 38.1 Å². The molecule has 0 bridgehead atoms. The molecule has 2 aromatic carbocycles. The number of nitrogens with one attached hydrogen (secondary N) is 2. The largest absolute Gasteiger partial charge is 0.494 e. The quantitative estimate of drug-likeness (QED) is 0.256. The van der Waals surface area contributed by atoms with E-state index >= 15 is 0 Å². The molecule has 0 atom stereocenters. The molecule has 2 fully saturated rings. The van der Waals surface area contributed by atoms with E-state index in [1.807, 2.05) is 29.0 Å². The molecule has 6 rings (SSSR count). The van der Waals surface area contributed by atoms with Crippen LogP contribution in [0.4, 0.5) is 27.4 Å². The van der Waals surface area contributed by atoms with Crippen LogP contribution in [0.15, 0.2) is 67.5 Å². The highest BCUT2D eigenvalue weighted by Gasteiger charge is 2.27. The minimum atomic E-state index is -0.315. The Labute approximate surface area is 245 Å². The van der Waals surface area contributed by atoms with E-state index in [0.717, 1.165) is 37.0 Å². The van der Waals surface area contributed by atoms with Crippen LogP contribution >= 0.6 is 0 Å². The summed E-state index contributed by atoms with van der Waals surface area (Å²) in [6, 6.07) is 12.7. The van der Waals surface area contributed by atoms with Crippen molar-refractivity contribution in [2.24, 2.45) is 0 Å². The zero-order valence-corrected chi connectivity index (χ0v) is 23.9. The zero-order chi connectivity index (χ0) is 29.1. The second kappa shape index (κ2) is 12.2. The van der Waals surface area contributed by atoms with Crippen LogP contribution in [0.5, 0.6) is 5.75 Å². The summed E-state index contributed by atoms with van der Waals surface area (Å²) in [6.07, 6.45) is 10.8. The van der Waals surface area contributed by atoms with E-state index in [4.69, 9.17) is 4.74 Å². The number of rotatable bonds is 8. The second-order valence-electron chi connectivity index (χ2n) is 10.8. The Morgan fingerprint density at radius 3 is 2.62 bits per heavy atom. The number of hydrogen-bond donors (Lipinski definition) is 2. The number of carbonyl (C=O) groups excluding carboxylic acids is 1. The Balaban J connectivity index is 1.27. The highest BCUT2D eigenvalue weighted by atomic mass is 19.1. The maximum absolute atomic E-state index is 14.0. The second-order valence-corrected chi connectivity index (χ2v) is 10.8. The van der Waals surface area contributed by atoms with Gasteiger partial charge >= 0.3 is 0 Å². The summed E-state index contributed by atoms with van der Waals surface area (Å²) < 4.78 is 21.6. The standard InChI is InChI=1S/C32H36FN7O2/c1-3-31(41)35-25-20-26(29(42-2)21-28(25)39-16-11-24(12-17-39)38-14-5-4-6-15-38)36-32-34-13-9-30(37-32)40-18-10-22-7-8-23(33)19-27(22)40/h3,7-10,13,18-21,24H,1,4-6,11-12,14-17H2,2H3,(H,35,41)(H,34,36,37). The Bertz CT molecular complexity index is 1590. The summed E-state index contributed by atoms with van der Waals surface area (Å²) >= 11 is 0. The molecule has 42 heavy (non-hydrogen) atoms. The molecular formula is C32H36FN7O2. The number of aromatic nitrogens is 3. The van der Waals surface area contributed by atoms with E-state index in [2.05, 4.69) is 37.0 Å². The summed E-state index contributed by atoms with van der Waals surface area (Å²) in [7, 11) is 1.62. The summed E-state index contributed by atoms with van der Waals surface area (Å²) in [5, 5.41) is 7.15. The van der Waals surface area contributed by atoms with Crippen LogP contribution in [0.1, 0.15) is 32.1 Å². The molecule has 10 heteroatoms. The fourth-order valence-corrected chi connectivity index (χ4v) is 6.10. The van der Waals surface area contributed by atoms with Crippen molar-refractivity contribution < 1.29 is 13.9 Å². The van der Waals surface area contributed by atoms with Gasteiger partial charge in [0.05, 0.1) is 29.7 Å². The van der Waals surface area contributed by atoms with Gasteiger partial charge in [0.2, 0.25) is 11.9 Å². The molecule has 2 aliphatic heterocycles. The number of fused-ring (bicyclic) bond motifs is 1. The van der Waals surface area contributed by atoms with E-state index in [1.165, 1.54) is 50.6 Å². The van der Waals surface area contributed by atoms with Gasteiger partial charge in [-0.2, -0.15) is 4.98 Å². The van der Waals surface area contributed by atoms with Crippen LogP contribution in [-0.2, 0) is 4.79 Å². The van der Waals surface area contributed by atoms with Crippen LogP contribution in [0, 0.1) is 5.82 Å². The van der Waals surface area contributed by atoms with Gasteiger partial charge < -0.3 is 29.7 Å². The van der Waals surface area contributed by atoms with Crippen molar-refractivity contribution in [2.75, 3.05) is 48.8 Å². The number of benzene rings is 2. The van der Waals surface area contributed by atoms with Crippen LogP contribution in [0.2, 0.25) is 0 Å². The van der Waals surface area contributed by atoms with Crippen LogP contribution in [0.3, 0.4) is 0 Å². The average molecular weight is 570 g/mol. The Hall–Kier alpha value is -4.44. The molecule has 2 N–H and O–H groups in total. The third-order valence-electron chi connectivity index (χ3n) is 8.26. The van der Waals surface area contributed by atoms with E-state index in [0.29, 0.717) is 40.4 Å². The summed E-state index contributed by atoms with van der Waals surface area (Å²) in [5.41, 5.74) is 2.87. The maximum Gasteiger partial charge on any atom is 0.247 e. The lowest BCUT2D eigenvalue weighted by Gasteiger charge is -2.41. The van der Waals surface area contributed by atoms with Crippen molar-refractivity contribution in [1.82, 2.24) is 19.4 Å². The number of hydrogen-bond acceptors (Lipinski definition) is 7. The van der Waals surface area contributed by atoms with E-state index < -0.39 is 0 Å². The van der Waals surface area contributed by atoms with Crippen molar-refractivity contribution in [3.8, 4) is 11.6 Å². The lowest BCUT2D eigenvalue weighted by molar-refractivity contribution is -0.111. The number of carbonyl (C=O) groups is 1. The number of piperidine rings is 2. The van der Waals surface area contributed by atoms with Crippen molar-refractivity contribution >= 4 is 39.8 Å². The van der Waals surface area contributed by atoms with Gasteiger partial charge in [-0.25, -0.2) is 9.37 Å². The van der Waals surface area contributed by atoms with Crippen LogP contribution in [-0.4, -0.2) is 64.7 Å². The predicted molar refractivity (Wildman–Crippen MR) is 165 cm³/mol.